The molecular formula is C11H9N2. The highest BCUT2D eigenvalue weighted by Crippen LogP contribution is 2.04. The zero-order valence-electron chi connectivity index (χ0n) is 7.14. The first-order chi connectivity index (χ1) is 6.45. The molecule has 0 atom stereocenters. The SMILES string of the molecule is [c]1ccc(Cc2cccnn2)cc1. The maximum Gasteiger partial charge on any atom is 0.0674 e. The van der Waals surface area contributed by atoms with E-state index in [1.807, 2.05) is 36.4 Å². The fraction of sp³-hybridized carbons (Fsp3) is 0.0909. The van der Waals surface area contributed by atoms with Crippen LogP contribution in [0.3, 0.4) is 0 Å². The maximum atomic E-state index is 4.01. The Kier molecular flexibility index (Phi) is 2.32. The number of benzene rings is 1. The van der Waals surface area contributed by atoms with E-state index in [2.05, 4.69) is 16.3 Å². The van der Waals surface area contributed by atoms with Gasteiger partial charge in [0.05, 0.1) is 5.69 Å². The van der Waals surface area contributed by atoms with Crippen LogP contribution in [0.5, 0.6) is 0 Å². The molecule has 0 bridgehead atoms. The van der Waals surface area contributed by atoms with Gasteiger partial charge in [-0.25, -0.2) is 0 Å². The van der Waals surface area contributed by atoms with Crippen LogP contribution in [0.25, 0.3) is 0 Å². The summed E-state index contributed by atoms with van der Waals surface area (Å²) in [6.45, 7) is 0. The molecule has 0 amide bonds. The molecule has 0 saturated carbocycles. The van der Waals surface area contributed by atoms with Crippen molar-refractivity contribution in [2.24, 2.45) is 0 Å². The van der Waals surface area contributed by atoms with Crippen molar-refractivity contribution in [1.29, 1.82) is 0 Å². The third kappa shape index (κ3) is 2.12. The lowest BCUT2D eigenvalue weighted by molar-refractivity contribution is 0.937. The molecule has 2 heteroatoms. The third-order valence-electron chi connectivity index (χ3n) is 1.80. The van der Waals surface area contributed by atoms with Crippen LogP contribution in [0.4, 0.5) is 0 Å². The first-order valence-corrected chi connectivity index (χ1v) is 4.17. The van der Waals surface area contributed by atoms with Gasteiger partial charge in [-0.15, -0.1) is 0 Å². The zero-order chi connectivity index (χ0) is 8.93. The Morgan fingerprint density at radius 3 is 2.69 bits per heavy atom. The van der Waals surface area contributed by atoms with Crippen LogP contribution in [0.15, 0.2) is 42.6 Å². The van der Waals surface area contributed by atoms with Crippen LogP contribution >= 0.6 is 0 Å². The van der Waals surface area contributed by atoms with Gasteiger partial charge in [-0.05, 0) is 23.8 Å². The van der Waals surface area contributed by atoms with Crippen LogP contribution < -0.4 is 0 Å². The van der Waals surface area contributed by atoms with Crippen LogP contribution in [-0.4, -0.2) is 10.2 Å². The highest BCUT2D eigenvalue weighted by Gasteiger charge is 1.95. The van der Waals surface area contributed by atoms with Crippen molar-refractivity contribution >= 4 is 0 Å². The third-order valence-corrected chi connectivity index (χ3v) is 1.80. The number of hydrogen-bond donors (Lipinski definition) is 0. The van der Waals surface area contributed by atoms with Crippen LogP contribution in [0.1, 0.15) is 11.3 Å². The smallest absolute Gasteiger partial charge is 0.0674 e. The average molecular weight is 169 g/mol. The van der Waals surface area contributed by atoms with Crippen molar-refractivity contribution in [3.63, 3.8) is 0 Å². The number of aromatic nitrogens is 2. The largest absolute Gasteiger partial charge is 0.159 e. The molecule has 0 spiro atoms. The molecule has 1 radical (unpaired) electrons. The fourth-order valence-corrected chi connectivity index (χ4v) is 1.18. The lowest BCUT2D eigenvalue weighted by Crippen LogP contribution is -1.92. The second kappa shape index (κ2) is 3.81. The molecule has 1 heterocycles. The minimum Gasteiger partial charge on any atom is -0.159 e. The van der Waals surface area contributed by atoms with Gasteiger partial charge >= 0.3 is 0 Å². The van der Waals surface area contributed by atoms with E-state index in [1.165, 1.54) is 5.56 Å². The van der Waals surface area contributed by atoms with Crippen LogP contribution in [-0.2, 0) is 6.42 Å². The molecule has 2 nitrogen and oxygen atoms in total. The Balaban J connectivity index is 2.16. The van der Waals surface area contributed by atoms with E-state index in [1.54, 1.807) is 6.20 Å². The molecule has 0 saturated heterocycles. The monoisotopic (exact) mass is 169 g/mol. The van der Waals surface area contributed by atoms with Gasteiger partial charge in [0.25, 0.3) is 0 Å². The molecule has 0 aliphatic rings. The highest BCUT2D eigenvalue weighted by atomic mass is 15.1. The Hall–Kier alpha value is -1.70. The van der Waals surface area contributed by atoms with E-state index in [9.17, 15) is 0 Å². The summed E-state index contributed by atoms with van der Waals surface area (Å²) in [4.78, 5) is 0. The van der Waals surface area contributed by atoms with E-state index in [-0.39, 0.29) is 0 Å². The van der Waals surface area contributed by atoms with E-state index >= 15 is 0 Å². The standard InChI is InChI=1S/C11H9N2/c1-2-5-10(6-3-1)9-11-7-4-8-12-13-11/h2-8H,9H2. The topological polar surface area (TPSA) is 25.8 Å². The predicted molar refractivity (Wildman–Crippen MR) is 50.1 cm³/mol. The summed E-state index contributed by atoms with van der Waals surface area (Å²) >= 11 is 0. The van der Waals surface area contributed by atoms with Gasteiger partial charge in [-0.1, -0.05) is 24.3 Å². The Labute approximate surface area is 77.3 Å². The Morgan fingerprint density at radius 1 is 1.15 bits per heavy atom. The summed E-state index contributed by atoms with van der Waals surface area (Å²) in [5, 5.41) is 7.84. The van der Waals surface area contributed by atoms with Crippen LogP contribution in [0.2, 0.25) is 0 Å². The second-order valence-corrected chi connectivity index (χ2v) is 2.80. The number of hydrogen-bond acceptors (Lipinski definition) is 2. The van der Waals surface area contributed by atoms with Gasteiger partial charge < -0.3 is 0 Å². The van der Waals surface area contributed by atoms with Gasteiger partial charge in [0.2, 0.25) is 0 Å². The van der Waals surface area contributed by atoms with E-state index in [0.29, 0.717) is 0 Å². The van der Waals surface area contributed by atoms with Crippen molar-refractivity contribution in [2.45, 2.75) is 6.42 Å². The first kappa shape index (κ1) is 7.92. The number of rotatable bonds is 2. The van der Waals surface area contributed by atoms with E-state index in [0.717, 1.165) is 12.1 Å². The second-order valence-electron chi connectivity index (χ2n) is 2.80. The minimum atomic E-state index is 0.836. The highest BCUT2D eigenvalue weighted by molar-refractivity contribution is 5.19. The molecule has 63 valence electrons. The normalized spacial score (nSPS) is 9.85. The zero-order valence-corrected chi connectivity index (χ0v) is 7.14. The lowest BCUT2D eigenvalue weighted by Gasteiger charge is -1.98. The molecule has 13 heavy (non-hydrogen) atoms. The molecule has 2 rings (SSSR count). The van der Waals surface area contributed by atoms with E-state index in [4.69, 9.17) is 0 Å². The molecular weight excluding hydrogens is 160 g/mol. The molecule has 1 aromatic heterocycles. The van der Waals surface area contributed by atoms with Crippen molar-refractivity contribution in [3.8, 4) is 0 Å². The summed E-state index contributed by atoms with van der Waals surface area (Å²) in [7, 11) is 0. The number of nitrogens with zero attached hydrogens (tertiary/aromatic N) is 2. The Bertz CT molecular complexity index is 319. The van der Waals surface area contributed by atoms with Crippen molar-refractivity contribution in [2.75, 3.05) is 0 Å². The van der Waals surface area contributed by atoms with Crippen LogP contribution in [0, 0.1) is 6.07 Å². The minimum absolute atomic E-state index is 0.836. The average Bonchev–Trinajstić information content (AvgIpc) is 2.21. The molecule has 0 aliphatic heterocycles. The summed E-state index contributed by atoms with van der Waals surface area (Å²) in [6.07, 6.45) is 2.52. The molecule has 2 aromatic rings. The van der Waals surface area contributed by atoms with Crippen molar-refractivity contribution < 1.29 is 0 Å². The summed E-state index contributed by atoms with van der Waals surface area (Å²) in [5.74, 6) is 0. The predicted octanol–water partition coefficient (Wildman–Crippen LogP) is 1.87. The van der Waals surface area contributed by atoms with Crippen molar-refractivity contribution in [3.05, 3.63) is 59.9 Å². The van der Waals surface area contributed by atoms with Gasteiger partial charge in [-0.2, -0.15) is 10.2 Å². The summed E-state index contributed by atoms with van der Waals surface area (Å²) in [6, 6.07) is 14.7. The molecule has 1 aromatic carbocycles. The van der Waals surface area contributed by atoms with Gasteiger partial charge in [0, 0.05) is 12.6 Å². The molecule has 0 fully saturated rings. The van der Waals surface area contributed by atoms with Gasteiger partial charge in [0.15, 0.2) is 0 Å². The maximum absolute atomic E-state index is 4.01. The molecule has 0 N–H and O–H groups in total. The lowest BCUT2D eigenvalue weighted by atomic mass is 10.1. The molecule has 0 unspecified atom stereocenters. The fourth-order valence-electron chi connectivity index (χ4n) is 1.18. The van der Waals surface area contributed by atoms with Crippen molar-refractivity contribution in [1.82, 2.24) is 10.2 Å². The first-order valence-electron chi connectivity index (χ1n) is 4.17. The summed E-state index contributed by atoms with van der Waals surface area (Å²) < 4.78 is 0. The van der Waals surface area contributed by atoms with Gasteiger partial charge in [-0.3, -0.25) is 0 Å². The van der Waals surface area contributed by atoms with Gasteiger partial charge in [0.1, 0.15) is 0 Å². The van der Waals surface area contributed by atoms with E-state index < -0.39 is 0 Å². The summed E-state index contributed by atoms with van der Waals surface area (Å²) in [5.41, 5.74) is 2.23. The quantitative estimate of drug-likeness (QED) is 0.685. The molecule has 0 aliphatic carbocycles. The Morgan fingerprint density at radius 2 is 2.00 bits per heavy atom.